The maximum atomic E-state index is 14.8. The second-order valence-corrected chi connectivity index (χ2v) is 6.64. The molecule has 10 heteroatoms. The van der Waals surface area contributed by atoms with E-state index in [9.17, 15) is 9.18 Å². The first-order chi connectivity index (χ1) is 14.7. The Morgan fingerprint density at radius 3 is 2.73 bits per heavy atom. The average molecular weight is 405 g/mol. The van der Waals surface area contributed by atoms with Crippen LogP contribution in [0.4, 0.5) is 16.0 Å². The van der Waals surface area contributed by atoms with Crippen LogP contribution in [0.15, 0.2) is 53.3 Å². The Labute approximate surface area is 169 Å². The molecule has 1 aliphatic heterocycles. The lowest BCUT2D eigenvalue weighted by atomic mass is 9.92. The number of ether oxygens (including phenoxy) is 1. The van der Waals surface area contributed by atoms with E-state index in [0.29, 0.717) is 29.2 Å². The summed E-state index contributed by atoms with van der Waals surface area (Å²) in [5.41, 5.74) is 1.79. The number of benzene rings is 2. The van der Waals surface area contributed by atoms with E-state index in [0.717, 1.165) is 5.56 Å². The lowest BCUT2D eigenvalue weighted by molar-refractivity contribution is 0.340. The molecule has 5 rings (SSSR count). The zero-order valence-corrected chi connectivity index (χ0v) is 15.8. The SMILES string of the molecule is CCOc1ccc(-c2n[nH]c(=O)c3c2C(c2ccccc2F)n2nnnc2N3)cc1. The first-order valence-corrected chi connectivity index (χ1v) is 9.32. The highest BCUT2D eigenvalue weighted by atomic mass is 19.1. The van der Waals surface area contributed by atoms with Gasteiger partial charge in [-0.15, -0.1) is 0 Å². The number of hydrogen-bond donors (Lipinski definition) is 2. The van der Waals surface area contributed by atoms with E-state index in [4.69, 9.17) is 4.74 Å². The van der Waals surface area contributed by atoms with Crippen LogP contribution in [-0.4, -0.2) is 37.0 Å². The summed E-state index contributed by atoms with van der Waals surface area (Å²) in [7, 11) is 0. The van der Waals surface area contributed by atoms with Crippen LogP contribution >= 0.6 is 0 Å². The average Bonchev–Trinajstić information content (AvgIpc) is 3.23. The van der Waals surface area contributed by atoms with Gasteiger partial charge in [0.1, 0.15) is 23.3 Å². The topological polar surface area (TPSA) is 111 Å². The van der Waals surface area contributed by atoms with Crippen LogP contribution in [-0.2, 0) is 0 Å². The number of H-pyrrole nitrogens is 1. The summed E-state index contributed by atoms with van der Waals surface area (Å²) < 4.78 is 21.8. The van der Waals surface area contributed by atoms with Crippen molar-refractivity contribution in [2.24, 2.45) is 0 Å². The molecule has 9 nitrogen and oxygen atoms in total. The fraction of sp³-hybridized carbons (Fsp3) is 0.150. The fourth-order valence-corrected chi connectivity index (χ4v) is 3.62. The fourth-order valence-electron chi connectivity index (χ4n) is 3.62. The van der Waals surface area contributed by atoms with E-state index in [1.54, 1.807) is 18.2 Å². The molecule has 0 radical (unpaired) electrons. The van der Waals surface area contributed by atoms with E-state index in [-0.39, 0.29) is 11.6 Å². The number of hydrogen-bond acceptors (Lipinski definition) is 7. The Hall–Kier alpha value is -4.08. The van der Waals surface area contributed by atoms with Crippen LogP contribution in [0.25, 0.3) is 11.3 Å². The van der Waals surface area contributed by atoms with Crippen LogP contribution < -0.4 is 15.6 Å². The summed E-state index contributed by atoms with van der Waals surface area (Å²) >= 11 is 0. The largest absolute Gasteiger partial charge is 0.494 e. The van der Waals surface area contributed by atoms with E-state index < -0.39 is 17.4 Å². The minimum absolute atomic E-state index is 0.226. The number of rotatable bonds is 4. The van der Waals surface area contributed by atoms with Crippen LogP contribution in [0.3, 0.4) is 0 Å². The van der Waals surface area contributed by atoms with Crippen molar-refractivity contribution in [1.82, 2.24) is 30.4 Å². The molecule has 30 heavy (non-hydrogen) atoms. The van der Waals surface area contributed by atoms with E-state index in [1.807, 2.05) is 31.2 Å². The number of fused-ring (bicyclic) bond motifs is 2. The smallest absolute Gasteiger partial charge is 0.288 e. The molecule has 0 amide bonds. The molecular formula is C20H16FN7O2. The van der Waals surface area contributed by atoms with Gasteiger partial charge in [0.15, 0.2) is 0 Å². The number of aromatic nitrogens is 6. The molecule has 0 aliphatic carbocycles. The van der Waals surface area contributed by atoms with Gasteiger partial charge in [-0.25, -0.2) is 9.49 Å². The molecule has 0 saturated carbocycles. The number of aromatic amines is 1. The van der Waals surface area contributed by atoms with Crippen molar-refractivity contribution in [3.8, 4) is 17.0 Å². The zero-order chi connectivity index (χ0) is 20.7. The summed E-state index contributed by atoms with van der Waals surface area (Å²) in [6, 6.07) is 12.8. The summed E-state index contributed by atoms with van der Waals surface area (Å²) in [4.78, 5) is 12.6. The van der Waals surface area contributed by atoms with Gasteiger partial charge in [0.2, 0.25) is 5.95 Å². The molecule has 0 fully saturated rings. The van der Waals surface area contributed by atoms with Crippen molar-refractivity contribution < 1.29 is 9.13 Å². The highest BCUT2D eigenvalue weighted by Crippen LogP contribution is 2.41. The third-order valence-corrected chi connectivity index (χ3v) is 4.91. The maximum absolute atomic E-state index is 14.8. The van der Waals surface area contributed by atoms with E-state index >= 15 is 0 Å². The minimum Gasteiger partial charge on any atom is -0.494 e. The molecule has 0 spiro atoms. The Kier molecular flexibility index (Phi) is 4.24. The van der Waals surface area contributed by atoms with Crippen molar-refractivity contribution in [2.75, 3.05) is 11.9 Å². The predicted molar refractivity (Wildman–Crippen MR) is 106 cm³/mol. The third-order valence-electron chi connectivity index (χ3n) is 4.91. The van der Waals surface area contributed by atoms with Gasteiger partial charge in [0.25, 0.3) is 5.56 Å². The second-order valence-electron chi connectivity index (χ2n) is 6.64. The number of nitrogens with zero attached hydrogens (tertiary/aromatic N) is 5. The molecule has 1 atom stereocenters. The predicted octanol–water partition coefficient (Wildman–Crippen LogP) is 2.66. The Bertz CT molecular complexity index is 1280. The van der Waals surface area contributed by atoms with Gasteiger partial charge < -0.3 is 10.1 Å². The molecule has 1 aliphatic rings. The van der Waals surface area contributed by atoms with E-state index in [1.165, 1.54) is 10.7 Å². The number of tetrazole rings is 1. The van der Waals surface area contributed by atoms with Gasteiger partial charge in [0, 0.05) is 16.7 Å². The van der Waals surface area contributed by atoms with Crippen LogP contribution in [0.2, 0.25) is 0 Å². The van der Waals surface area contributed by atoms with Gasteiger partial charge in [-0.3, -0.25) is 4.79 Å². The molecule has 2 N–H and O–H groups in total. The highest BCUT2D eigenvalue weighted by Gasteiger charge is 2.35. The third kappa shape index (κ3) is 2.81. The first kappa shape index (κ1) is 18.0. The Morgan fingerprint density at radius 2 is 1.97 bits per heavy atom. The molecular weight excluding hydrogens is 389 g/mol. The molecule has 0 bridgehead atoms. The summed E-state index contributed by atoms with van der Waals surface area (Å²) in [5.74, 6) is 0.519. The van der Waals surface area contributed by atoms with Crippen molar-refractivity contribution in [2.45, 2.75) is 13.0 Å². The molecule has 3 heterocycles. The maximum Gasteiger partial charge on any atom is 0.288 e. The number of nitrogens with one attached hydrogen (secondary N) is 2. The number of anilines is 2. The quantitative estimate of drug-likeness (QED) is 0.473. The Morgan fingerprint density at radius 1 is 1.17 bits per heavy atom. The summed E-state index contributed by atoms with van der Waals surface area (Å²) in [6.07, 6.45) is 0. The lowest BCUT2D eigenvalue weighted by Gasteiger charge is -2.28. The summed E-state index contributed by atoms with van der Waals surface area (Å²) in [5, 5.41) is 21.4. The summed E-state index contributed by atoms with van der Waals surface area (Å²) in [6.45, 7) is 2.45. The zero-order valence-electron chi connectivity index (χ0n) is 15.8. The molecule has 0 saturated heterocycles. The first-order valence-electron chi connectivity index (χ1n) is 9.32. The van der Waals surface area contributed by atoms with Gasteiger partial charge >= 0.3 is 0 Å². The van der Waals surface area contributed by atoms with Gasteiger partial charge in [-0.05, 0) is 47.7 Å². The highest BCUT2D eigenvalue weighted by molar-refractivity contribution is 5.75. The van der Waals surface area contributed by atoms with Crippen LogP contribution in [0.1, 0.15) is 24.1 Å². The second kappa shape index (κ2) is 7.07. The van der Waals surface area contributed by atoms with Crippen molar-refractivity contribution >= 4 is 11.6 Å². The van der Waals surface area contributed by atoms with Crippen molar-refractivity contribution in [1.29, 1.82) is 0 Å². The van der Waals surface area contributed by atoms with Crippen molar-refractivity contribution in [3.05, 3.63) is 75.8 Å². The van der Waals surface area contributed by atoms with Gasteiger partial charge in [0.05, 0.1) is 12.3 Å². The molecule has 1 unspecified atom stereocenters. The monoisotopic (exact) mass is 405 g/mol. The van der Waals surface area contributed by atoms with Gasteiger partial charge in [-0.2, -0.15) is 9.78 Å². The normalized spacial score (nSPS) is 14.5. The van der Waals surface area contributed by atoms with Crippen LogP contribution in [0, 0.1) is 5.82 Å². The van der Waals surface area contributed by atoms with Crippen LogP contribution in [0.5, 0.6) is 5.75 Å². The molecule has 4 aromatic rings. The molecule has 150 valence electrons. The Balaban J connectivity index is 1.76. The van der Waals surface area contributed by atoms with Crippen molar-refractivity contribution in [3.63, 3.8) is 0 Å². The molecule has 2 aromatic heterocycles. The lowest BCUT2D eigenvalue weighted by Crippen LogP contribution is -2.29. The van der Waals surface area contributed by atoms with E-state index in [2.05, 4.69) is 31.0 Å². The minimum atomic E-state index is -0.774. The number of halogens is 1. The molecule has 2 aromatic carbocycles. The standard InChI is InChI=1S/C20H16FN7O2/c1-2-30-12-9-7-11(8-10-12)16-15-17(19(29)24-23-16)22-20-25-26-27-28(20)18(15)13-5-3-4-6-14(13)21/h3-10,18H,2H2,1H3,(H,24,29)(H,22,25,27). The van der Waals surface area contributed by atoms with Gasteiger partial charge in [-0.1, -0.05) is 23.3 Å².